The minimum absolute atomic E-state index is 0.376. The van der Waals surface area contributed by atoms with E-state index in [1.165, 1.54) is 25.8 Å². The standard InChI is InChI=1S/C14H24N2O/c1-11-6-7-14(17-11)12(2)16-10-4-3-5-13(16)8-9-15/h6-7,12-13H,3-5,8-10,15H2,1-2H3. The zero-order valence-corrected chi connectivity index (χ0v) is 11.0. The quantitative estimate of drug-likeness (QED) is 0.874. The van der Waals surface area contributed by atoms with Crippen LogP contribution in [0.1, 0.15) is 50.2 Å². The topological polar surface area (TPSA) is 42.4 Å². The van der Waals surface area contributed by atoms with Gasteiger partial charge in [0, 0.05) is 6.04 Å². The Hall–Kier alpha value is -0.800. The van der Waals surface area contributed by atoms with Gasteiger partial charge in [0.25, 0.3) is 0 Å². The first kappa shape index (κ1) is 12.7. The van der Waals surface area contributed by atoms with Crippen molar-refractivity contribution in [2.45, 2.75) is 51.6 Å². The molecule has 1 fully saturated rings. The Morgan fingerprint density at radius 1 is 1.47 bits per heavy atom. The smallest absolute Gasteiger partial charge is 0.121 e. The van der Waals surface area contributed by atoms with Gasteiger partial charge in [-0.05, 0) is 58.3 Å². The van der Waals surface area contributed by atoms with E-state index >= 15 is 0 Å². The highest BCUT2D eigenvalue weighted by atomic mass is 16.3. The Morgan fingerprint density at radius 2 is 2.29 bits per heavy atom. The Bertz CT molecular complexity index is 346. The monoisotopic (exact) mass is 236 g/mol. The lowest BCUT2D eigenvalue weighted by Crippen LogP contribution is -2.42. The van der Waals surface area contributed by atoms with Gasteiger partial charge in [-0.15, -0.1) is 0 Å². The van der Waals surface area contributed by atoms with Crippen molar-refractivity contribution in [2.75, 3.05) is 13.1 Å². The van der Waals surface area contributed by atoms with Gasteiger partial charge in [0.1, 0.15) is 11.5 Å². The Labute approximate surface area is 104 Å². The van der Waals surface area contributed by atoms with Crippen LogP contribution in [0.5, 0.6) is 0 Å². The molecule has 2 rings (SSSR count). The second kappa shape index (κ2) is 5.69. The maximum absolute atomic E-state index is 5.75. The van der Waals surface area contributed by atoms with Crippen LogP contribution in [0, 0.1) is 6.92 Å². The molecule has 0 radical (unpaired) electrons. The summed E-state index contributed by atoms with van der Waals surface area (Å²) in [6, 6.07) is 5.16. The molecular formula is C14H24N2O. The first-order valence-corrected chi connectivity index (χ1v) is 6.74. The third kappa shape index (κ3) is 2.90. The van der Waals surface area contributed by atoms with Gasteiger partial charge in [-0.3, -0.25) is 4.90 Å². The molecule has 1 aliphatic heterocycles. The predicted octanol–water partition coefficient (Wildman–Crippen LogP) is 2.85. The molecule has 0 aliphatic carbocycles. The zero-order valence-electron chi connectivity index (χ0n) is 11.0. The van der Waals surface area contributed by atoms with E-state index in [-0.39, 0.29) is 0 Å². The number of piperidine rings is 1. The van der Waals surface area contributed by atoms with Crippen molar-refractivity contribution >= 4 is 0 Å². The highest BCUT2D eigenvalue weighted by Gasteiger charge is 2.28. The van der Waals surface area contributed by atoms with Crippen molar-refractivity contribution in [3.05, 3.63) is 23.7 Å². The van der Waals surface area contributed by atoms with Gasteiger partial charge < -0.3 is 10.2 Å². The number of furan rings is 1. The molecule has 2 unspecified atom stereocenters. The van der Waals surface area contributed by atoms with Crippen LogP contribution < -0.4 is 5.73 Å². The molecular weight excluding hydrogens is 212 g/mol. The number of hydrogen-bond acceptors (Lipinski definition) is 3. The van der Waals surface area contributed by atoms with Crippen molar-refractivity contribution in [1.29, 1.82) is 0 Å². The van der Waals surface area contributed by atoms with E-state index in [0.717, 1.165) is 24.5 Å². The fraction of sp³-hybridized carbons (Fsp3) is 0.714. The Morgan fingerprint density at radius 3 is 2.94 bits per heavy atom. The molecule has 0 amide bonds. The molecule has 3 nitrogen and oxygen atoms in total. The van der Waals surface area contributed by atoms with Crippen LogP contribution in [0.3, 0.4) is 0 Å². The molecule has 96 valence electrons. The van der Waals surface area contributed by atoms with E-state index in [1.54, 1.807) is 0 Å². The first-order chi connectivity index (χ1) is 8.22. The van der Waals surface area contributed by atoms with Crippen molar-refractivity contribution in [2.24, 2.45) is 5.73 Å². The van der Waals surface area contributed by atoms with Gasteiger partial charge in [0.05, 0.1) is 6.04 Å². The molecule has 0 spiro atoms. The molecule has 0 bridgehead atoms. The largest absolute Gasteiger partial charge is 0.465 e. The molecule has 0 saturated carbocycles. The molecule has 2 atom stereocenters. The summed E-state index contributed by atoms with van der Waals surface area (Å²) in [6.45, 7) is 6.20. The van der Waals surface area contributed by atoms with Gasteiger partial charge in [-0.2, -0.15) is 0 Å². The molecule has 2 heterocycles. The van der Waals surface area contributed by atoms with Crippen LogP contribution in [0.2, 0.25) is 0 Å². The van der Waals surface area contributed by atoms with E-state index in [4.69, 9.17) is 10.2 Å². The van der Waals surface area contributed by atoms with E-state index in [9.17, 15) is 0 Å². The first-order valence-electron chi connectivity index (χ1n) is 6.74. The van der Waals surface area contributed by atoms with Crippen molar-refractivity contribution in [1.82, 2.24) is 4.90 Å². The molecule has 1 aliphatic rings. The van der Waals surface area contributed by atoms with Crippen LogP contribution in [-0.4, -0.2) is 24.0 Å². The summed E-state index contributed by atoms with van der Waals surface area (Å²) in [5.74, 6) is 2.09. The molecule has 1 aromatic heterocycles. The van der Waals surface area contributed by atoms with E-state index in [1.807, 2.05) is 13.0 Å². The highest BCUT2D eigenvalue weighted by Crippen LogP contribution is 2.30. The van der Waals surface area contributed by atoms with Crippen LogP contribution in [0.4, 0.5) is 0 Å². The summed E-state index contributed by atoms with van der Waals surface area (Å²) in [6.07, 6.45) is 5.02. The summed E-state index contributed by atoms with van der Waals surface area (Å²) in [5, 5.41) is 0. The Balaban J connectivity index is 2.07. The number of nitrogens with zero attached hydrogens (tertiary/aromatic N) is 1. The highest BCUT2D eigenvalue weighted by molar-refractivity contribution is 5.09. The fourth-order valence-electron chi connectivity index (χ4n) is 2.88. The zero-order chi connectivity index (χ0) is 12.3. The summed E-state index contributed by atoms with van der Waals surface area (Å²) >= 11 is 0. The predicted molar refractivity (Wildman–Crippen MR) is 69.9 cm³/mol. The number of nitrogens with two attached hydrogens (primary N) is 1. The molecule has 2 N–H and O–H groups in total. The molecule has 1 aromatic rings. The normalized spacial score (nSPS) is 23.8. The molecule has 17 heavy (non-hydrogen) atoms. The van der Waals surface area contributed by atoms with E-state index in [0.29, 0.717) is 12.1 Å². The molecule has 0 aromatic carbocycles. The number of rotatable bonds is 4. The second-order valence-electron chi connectivity index (χ2n) is 5.09. The molecule has 1 saturated heterocycles. The Kier molecular flexibility index (Phi) is 4.24. The van der Waals surface area contributed by atoms with E-state index in [2.05, 4.69) is 17.9 Å². The summed E-state index contributed by atoms with van der Waals surface area (Å²) < 4.78 is 5.75. The average molecular weight is 236 g/mol. The lowest BCUT2D eigenvalue weighted by molar-refractivity contribution is 0.0866. The minimum atomic E-state index is 0.376. The van der Waals surface area contributed by atoms with E-state index < -0.39 is 0 Å². The summed E-state index contributed by atoms with van der Waals surface area (Å²) in [4.78, 5) is 2.56. The van der Waals surface area contributed by atoms with Gasteiger partial charge in [-0.1, -0.05) is 6.42 Å². The number of hydrogen-bond donors (Lipinski definition) is 1. The lowest BCUT2D eigenvalue weighted by atomic mass is 9.97. The van der Waals surface area contributed by atoms with Crippen LogP contribution in [0.15, 0.2) is 16.5 Å². The van der Waals surface area contributed by atoms with Gasteiger partial charge in [0.2, 0.25) is 0 Å². The van der Waals surface area contributed by atoms with Crippen molar-refractivity contribution < 1.29 is 4.42 Å². The van der Waals surface area contributed by atoms with Gasteiger partial charge >= 0.3 is 0 Å². The molecule has 3 heteroatoms. The van der Waals surface area contributed by atoms with Crippen molar-refractivity contribution in [3.8, 4) is 0 Å². The maximum atomic E-state index is 5.75. The van der Waals surface area contributed by atoms with Crippen LogP contribution in [-0.2, 0) is 0 Å². The lowest BCUT2D eigenvalue weighted by Gasteiger charge is -2.39. The van der Waals surface area contributed by atoms with Crippen LogP contribution in [0.25, 0.3) is 0 Å². The van der Waals surface area contributed by atoms with Crippen molar-refractivity contribution in [3.63, 3.8) is 0 Å². The van der Waals surface area contributed by atoms with Gasteiger partial charge in [-0.25, -0.2) is 0 Å². The average Bonchev–Trinajstić information content (AvgIpc) is 2.76. The van der Waals surface area contributed by atoms with Gasteiger partial charge in [0.15, 0.2) is 0 Å². The fourth-order valence-corrected chi connectivity index (χ4v) is 2.88. The third-order valence-corrected chi connectivity index (χ3v) is 3.84. The maximum Gasteiger partial charge on any atom is 0.121 e. The summed E-state index contributed by atoms with van der Waals surface area (Å²) in [7, 11) is 0. The number of likely N-dealkylation sites (tertiary alicyclic amines) is 1. The number of aryl methyl sites for hydroxylation is 1. The SMILES string of the molecule is Cc1ccc(C(C)N2CCCCC2CCN)o1. The minimum Gasteiger partial charge on any atom is -0.465 e. The second-order valence-corrected chi connectivity index (χ2v) is 5.09. The third-order valence-electron chi connectivity index (χ3n) is 3.84. The summed E-state index contributed by atoms with van der Waals surface area (Å²) in [5.41, 5.74) is 5.71. The van der Waals surface area contributed by atoms with Crippen LogP contribution >= 0.6 is 0 Å².